The maximum absolute atomic E-state index is 10.7. The molecule has 0 aliphatic rings. The fourth-order valence-electron chi connectivity index (χ4n) is 2.69. The van der Waals surface area contributed by atoms with Crippen molar-refractivity contribution >= 4 is 23.3 Å². The summed E-state index contributed by atoms with van der Waals surface area (Å²) in [6.45, 7) is 2.27. The van der Waals surface area contributed by atoms with E-state index in [9.17, 15) is 4.79 Å². The molecule has 1 N–H and O–H groups in total. The zero-order chi connectivity index (χ0) is 15.6. The molecule has 22 heavy (non-hydrogen) atoms. The van der Waals surface area contributed by atoms with Crippen LogP contribution in [0, 0.1) is 0 Å². The van der Waals surface area contributed by atoms with Gasteiger partial charge in [0.25, 0.3) is 0 Å². The SMILES string of the molecule is CCCCCCCCCCCCCCCCCC(=O)OO.[Al+3]. The van der Waals surface area contributed by atoms with Crippen LogP contribution in [0.25, 0.3) is 0 Å². The van der Waals surface area contributed by atoms with E-state index in [2.05, 4.69) is 11.8 Å². The third-order valence-corrected chi connectivity index (χ3v) is 4.09. The van der Waals surface area contributed by atoms with Crippen LogP contribution in [-0.4, -0.2) is 28.6 Å². The summed E-state index contributed by atoms with van der Waals surface area (Å²) in [5.41, 5.74) is 0. The first-order valence-corrected chi connectivity index (χ1v) is 9.15. The predicted molar refractivity (Wildman–Crippen MR) is 94.0 cm³/mol. The molecule has 0 aromatic carbocycles. The van der Waals surface area contributed by atoms with Crippen molar-refractivity contribution in [2.24, 2.45) is 0 Å². The van der Waals surface area contributed by atoms with E-state index in [4.69, 9.17) is 5.26 Å². The van der Waals surface area contributed by atoms with Gasteiger partial charge in [-0.2, -0.15) is 5.26 Å². The molecular weight excluding hydrogens is 291 g/mol. The van der Waals surface area contributed by atoms with E-state index in [0.717, 1.165) is 12.8 Å². The molecule has 0 fully saturated rings. The molecule has 0 amide bonds. The monoisotopic (exact) mass is 327 g/mol. The number of hydrogen-bond donors (Lipinski definition) is 1. The molecule has 0 aliphatic heterocycles. The van der Waals surface area contributed by atoms with Gasteiger partial charge in [-0.1, -0.05) is 96.8 Å². The van der Waals surface area contributed by atoms with Crippen molar-refractivity contribution in [1.29, 1.82) is 0 Å². The summed E-state index contributed by atoms with van der Waals surface area (Å²) in [5, 5.41) is 8.10. The predicted octanol–water partition coefficient (Wildman–Crippen LogP) is 5.88. The molecule has 0 bridgehead atoms. The van der Waals surface area contributed by atoms with E-state index < -0.39 is 5.97 Å². The third kappa shape index (κ3) is 20.0. The van der Waals surface area contributed by atoms with Crippen LogP contribution in [0.1, 0.15) is 110 Å². The van der Waals surface area contributed by atoms with Gasteiger partial charge in [0.1, 0.15) is 0 Å². The second kappa shape index (κ2) is 21.0. The van der Waals surface area contributed by atoms with E-state index in [1.807, 2.05) is 0 Å². The average Bonchev–Trinajstić information content (AvgIpc) is 2.50. The second-order valence-electron chi connectivity index (χ2n) is 6.16. The first-order chi connectivity index (χ1) is 10.3. The summed E-state index contributed by atoms with van der Waals surface area (Å²) in [6, 6.07) is 0. The number of hydrogen-bond acceptors (Lipinski definition) is 3. The minimum atomic E-state index is -0.510. The Labute approximate surface area is 148 Å². The van der Waals surface area contributed by atoms with Gasteiger partial charge in [0.15, 0.2) is 0 Å². The molecule has 4 heteroatoms. The summed E-state index contributed by atoms with van der Waals surface area (Å²) in [5.74, 6) is -0.510. The van der Waals surface area contributed by atoms with E-state index in [1.165, 1.54) is 83.5 Å². The zero-order valence-corrected chi connectivity index (χ0v) is 15.8. The van der Waals surface area contributed by atoms with E-state index in [-0.39, 0.29) is 17.4 Å². The van der Waals surface area contributed by atoms with E-state index in [1.54, 1.807) is 0 Å². The van der Waals surface area contributed by atoms with Crippen molar-refractivity contribution in [3.63, 3.8) is 0 Å². The van der Waals surface area contributed by atoms with Crippen molar-refractivity contribution in [2.45, 2.75) is 110 Å². The third-order valence-electron chi connectivity index (χ3n) is 4.09. The summed E-state index contributed by atoms with van der Waals surface area (Å²) in [7, 11) is 0. The van der Waals surface area contributed by atoms with Crippen LogP contribution < -0.4 is 0 Å². The minimum Gasteiger partial charge on any atom is -0.301 e. The maximum Gasteiger partial charge on any atom is 3.00 e. The fraction of sp³-hybridized carbons (Fsp3) is 0.944. The van der Waals surface area contributed by atoms with Gasteiger partial charge in [0.2, 0.25) is 0 Å². The molecule has 0 rings (SSSR count). The van der Waals surface area contributed by atoms with Crippen LogP contribution in [0.5, 0.6) is 0 Å². The molecule has 0 saturated heterocycles. The van der Waals surface area contributed by atoms with Crippen molar-refractivity contribution < 1.29 is 14.9 Å². The van der Waals surface area contributed by atoms with E-state index in [0.29, 0.717) is 6.42 Å². The van der Waals surface area contributed by atoms with Gasteiger partial charge in [-0.15, -0.1) is 0 Å². The average molecular weight is 327 g/mol. The standard InChI is InChI=1S/C18H36O3.Al/c1-2-3-4-5-6-7-8-9-10-11-12-13-14-15-16-17-18(19)21-20;/h20H,2-17H2,1H3;/q;+3. The topological polar surface area (TPSA) is 46.5 Å². The van der Waals surface area contributed by atoms with Gasteiger partial charge in [-0.3, -0.25) is 0 Å². The van der Waals surface area contributed by atoms with Crippen LogP contribution in [0.3, 0.4) is 0 Å². The molecule has 0 atom stereocenters. The number of carbonyl (C=O) groups is 1. The number of carbonyl (C=O) groups excluding carboxylic acids is 1. The molecule has 0 aliphatic carbocycles. The Balaban J connectivity index is 0. The Morgan fingerprint density at radius 2 is 1.00 bits per heavy atom. The second-order valence-corrected chi connectivity index (χ2v) is 6.16. The summed E-state index contributed by atoms with van der Waals surface area (Å²) in [4.78, 5) is 14.3. The first kappa shape index (κ1) is 24.2. The van der Waals surface area contributed by atoms with Gasteiger partial charge in [-0.25, -0.2) is 4.79 Å². The van der Waals surface area contributed by atoms with Gasteiger partial charge >= 0.3 is 23.3 Å². The van der Waals surface area contributed by atoms with Crippen molar-refractivity contribution in [3.8, 4) is 0 Å². The zero-order valence-electron chi connectivity index (χ0n) is 14.7. The number of unbranched alkanes of at least 4 members (excludes halogenated alkanes) is 14. The van der Waals surface area contributed by atoms with Crippen LogP contribution in [0.15, 0.2) is 0 Å². The maximum atomic E-state index is 10.7. The van der Waals surface area contributed by atoms with Crippen LogP contribution in [-0.2, 0) is 9.68 Å². The van der Waals surface area contributed by atoms with Crippen molar-refractivity contribution in [2.75, 3.05) is 0 Å². The molecule has 0 saturated carbocycles. The fourth-order valence-corrected chi connectivity index (χ4v) is 2.69. The molecular formula is C18H36AlO3+3. The Morgan fingerprint density at radius 1 is 0.682 bits per heavy atom. The quantitative estimate of drug-likeness (QED) is 0.166. The molecule has 0 heterocycles. The van der Waals surface area contributed by atoms with Gasteiger partial charge in [-0.05, 0) is 6.42 Å². The van der Waals surface area contributed by atoms with Crippen LogP contribution >= 0.6 is 0 Å². The molecule has 0 radical (unpaired) electrons. The van der Waals surface area contributed by atoms with E-state index >= 15 is 0 Å². The van der Waals surface area contributed by atoms with Crippen LogP contribution in [0.2, 0.25) is 0 Å². The van der Waals surface area contributed by atoms with Gasteiger partial charge < -0.3 is 4.89 Å². The van der Waals surface area contributed by atoms with Crippen molar-refractivity contribution in [3.05, 3.63) is 0 Å². The Hall–Kier alpha value is -0.0375. The minimum absolute atomic E-state index is 0. The molecule has 0 aromatic rings. The summed E-state index contributed by atoms with van der Waals surface area (Å²) >= 11 is 0. The Morgan fingerprint density at radius 3 is 1.32 bits per heavy atom. The molecule has 0 unspecified atom stereocenters. The molecule has 3 nitrogen and oxygen atoms in total. The molecule has 126 valence electrons. The summed E-state index contributed by atoms with van der Waals surface area (Å²) < 4.78 is 0. The number of rotatable bonds is 16. The summed E-state index contributed by atoms with van der Waals surface area (Å²) in [6.07, 6.45) is 20.0. The van der Waals surface area contributed by atoms with Gasteiger partial charge in [0.05, 0.1) is 0 Å². The largest absolute Gasteiger partial charge is 3.00 e. The Bertz CT molecular complexity index is 222. The van der Waals surface area contributed by atoms with Gasteiger partial charge in [0, 0.05) is 6.42 Å². The smallest absolute Gasteiger partial charge is 0.301 e. The Kier molecular flexibility index (Phi) is 23.1. The van der Waals surface area contributed by atoms with Crippen LogP contribution in [0.4, 0.5) is 0 Å². The van der Waals surface area contributed by atoms with Crippen molar-refractivity contribution in [1.82, 2.24) is 0 Å². The normalized spacial score (nSPS) is 10.3. The first-order valence-electron chi connectivity index (χ1n) is 9.15. The molecule has 0 spiro atoms. The molecule has 0 aromatic heterocycles.